The Hall–Kier alpha value is -4.83. The van der Waals surface area contributed by atoms with E-state index < -0.39 is 30.3 Å². The molecule has 0 N–H and O–H groups in total. The van der Waals surface area contributed by atoms with Crippen LogP contribution in [-0.2, 0) is 33.3 Å². The van der Waals surface area contributed by atoms with Gasteiger partial charge in [-0.3, -0.25) is 9.59 Å². The van der Waals surface area contributed by atoms with Gasteiger partial charge in [0.2, 0.25) is 0 Å². The Morgan fingerprint density at radius 3 is 1.04 bits per heavy atom. The molecule has 0 aliphatic heterocycles. The molecule has 0 rings (SSSR count). The van der Waals surface area contributed by atoms with Crippen LogP contribution in [0.25, 0.3) is 0 Å². The van der Waals surface area contributed by atoms with Crippen LogP contribution in [0.15, 0.2) is 146 Å². The molecule has 0 aromatic carbocycles. The lowest BCUT2D eigenvalue weighted by Gasteiger charge is -2.26. The fourth-order valence-corrected chi connectivity index (χ4v) is 7.90. The van der Waals surface area contributed by atoms with Gasteiger partial charge < -0.3 is 33.3 Å². The maximum Gasteiger partial charge on any atom is 0.306 e. The third kappa shape index (κ3) is 60.7. The number of hydrogen-bond donors (Lipinski definition) is 0. The number of nitrogens with zero attached hydrogens (tertiary/aromatic N) is 1. The van der Waals surface area contributed by atoms with Gasteiger partial charge >= 0.3 is 11.9 Å². The minimum absolute atomic E-state index is 0.134. The molecular formula is C70H113NO8. The monoisotopic (exact) mass is 1100 g/mol. The van der Waals surface area contributed by atoms with E-state index in [-0.39, 0.29) is 32.7 Å². The molecule has 0 aromatic rings. The first-order chi connectivity index (χ1) is 38.6. The van der Waals surface area contributed by atoms with E-state index in [0.717, 1.165) is 109 Å². The Morgan fingerprint density at radius 2 is 0.684 bits per heavy atom. The number of unbranched alkanes of at least 4 members (excludes halogenated alkanes) is 16. The first-order valence-electron chi connectivity index (χ1n) is 31.0. The molecule has 9 heteroatoms. The maximum atomic E-state index is 12.9. The van der Waals surface area contributed by atoms with Gasteiger partial charge in [-0.05, 0) is 116 Å². The summed E-state index contributed by atoms with van der Waals surface area (Å²) in [4.78, 5) is 37.3. The van der Waals surface area contributed by atoms with Crippen molar-refractivity contribution in [3.63, 3.8) is 0 Å². The molecule has 2 unspecified atom stereocenters. The molecule has 9 nitrogen and oxygen atoms in total. The average Bonchev–Trinajstić information content (AvgIpc) is 3.42. The number of carbonyl (C=O) groups excluding carboxylic acids is 3. The summed E-state index contributed by atoms with van der Waals surface area (Å²) in [6, 6.07) is 0. The summed E-state index contributed by atoms with van der Waals surface area (Å²) >= 11 is 0. The fraction of sp³-hybridized carbons (Fsp3) is 0.614. The second-order valence-electron chi connectivity index (χ2n) is 21.2. The molecule has 0 fully saturated rings. The van der Waals surface area contributed by atoms with E-state index in [2.05, 4.69) is 160 Å². The lowest BCUT2D eigenvalue weighted by Crippen LogP contribution is -2.44. The van der Waals surface area contributed by atoms with Gasteiger partial charge in [0, 0.05) is 12.8 Å². The molecule has 0 bridgehead atoms. The lowest BCUT2D eigenvalue weighted by molar-refractivity contribution is -0.870. The van der Waals surface area contributed by atoms with Crippen molar-refractivity contribution in [2.24, 2.45) is 0 Å². The number of likely N-dealkylation sites (N-methyl/N-ethyl adjacent to an activating group) is 1. The van der Waals surface area contributed by atoms with Crippen LogP contribution in [0.1, 0.15) is 219 Å². The number of aliphatic carboxylic acids is 1. The number of ether oxygens (including phenoxy) is 4. The van der Waals surface area contributed by atoms with Crippen molar-refractivity contribution in [1.82, 2.24) is 0 Å². The lowest BCUT2D eigenvalue weighted by atomic mass is 10.0. The van der Waals surface area contributed by atoms with Crippen molar-refractivity contribution < 1.29 is 42.9 Å². The first-order valence-corrected chi connectivity index (χ1v) is 31.0. The van der Waals surface area contributed by atoms with Crippen LogP contribution in [0.4, 0.5) is 0 Å². The van der Waals surface area contributed by atoms with E-state index in [1.807, 2.05) is 21.1 Å². The normalized spacial score (nSPS) is 13.8. The average molecular weight is 1100 g/mol. The predicted molar refractivity (Wildman–Crippen MR) is 333 cm³/mol. The standard InChI is InChI=1S/C70H113NO8/c1-6-8-10-12-14-16-18-20-22-23-24-25-26-27-28-29-30-31-32-33-34-35-36-37-38-39-40-41-42-43-44-45-47-49-51-53-55-57-59-61-68(73)79-66(65-78-70(69(74)75)76-63-62-71(3,4)5)64-77-67(72)60-58-56-54-52-50-48-46-21-19-17-15-13-11-9-7-2/h8-11,14-17,20-22,24-25,27-28,30-31,33-34,36-37,46,50,52,66,70H,6-7,12-13,18-19,23,26,29,32,35,38-45,47-49,51,53-65H2,1-5H3/b10-8-,11-9-,16-14-,17-15-,22-20-,25-24-,28-27-,31-30-,34-33-,37-36-,46-21-,52-50-. The van der Waals surface area contributed by atoms with Crippen LogP contribution in [0.3, 0.4) is 0 Å². The van der Waals surface area contributed by atoms with Gasteiger partial charge in [-0.1, -0.05) is 237 Å². The van der Waals surface area contributed by atoms with Gasteiger partial charge in [-0.25, -0.2) is 0 Å². The van der Waals surface area contributed by atoms with E-state index in [1.165, 1.54) is 70.6 Å². The van der Waals surface area contributed by atoms with E-state index in [4.69, 9.17) is 18.9 Å². The molecule has 0 aliphatic carbocycles. The summed E-state index contributed by atoms with van der Waals surface area (Å²) in [5.41, 5.74) is 0. The molecule has 2 atom stereocenters. The fourth-order valence-electron chi connectivity index (χ4n) is 7.90. The van der Waals surface area contributed by atoms with Crippen molar-refractivity contribution in [3.8, 4) is 0 Å². The Bertz CT molecular complexity index is 1800. The second-order valence-corrected chi connectivity index (χ2v) is 21.2. The Kier molecular flexibility index (Phi) is 55.7. The summed E-state index contributed by atoms with van der Waals surface area (Å²) in [6.45, 7) is 4.45. The molecule has 0 amide bonds. The Balaban J connectivity index is 4.13. The third-order valence-electron chi connectivity index (χ3n) is 12.6. The molecule has 446 valence electrons. The second kappa shape index (κ2) is 59.3. The van der Waals surface area contributed by atoms with Gasteiger partial charge in [0.15, 0.2) is 12.4 Å². The number of rotatable bonds is 55. The summed E-state index contributed by atoms with van der Waals surface area (Å²) in [7, 11) is 5.90. The van der Waals surface area contributed by atoms with Crippen molar-refractivity contribution in [3.05, 3.63) is 146 Å². The minimum Gasteiger partial charge on any atom is -0.545 e. The zero-order valence-electron chi connectivity index (χ0n) is 50.7. The van der Waals surface area contributed by atoms with E-state index in [0.29, 0.717) is 23.9 Å². The largest absolute Gasteiger partial charge is 0.545 e. The zero-order chi connectivity index (χ0) is 57.6. The number of allylic oxidation sites excluding steroid dienone is 24. The first kappa shape index (κ1) is 74.2. The minimum atomic E-state index is -1.64. The topological polar surface area (TPSA) is 111 Å². The molecule has 0 aliphatic rings. The van der Waals surface area contributed by atoms with Gasteiger partial charge in [-0.2, -0.15) is 0 Å². The van der Waals surface area contributed by atoms with Crippen molar-refractivity contribution in [2.45, 2.75) is 232 Å². The third-order valence-corrected chi connectivity index (χ3v) is 12.6. The Morgan fingerprint density at radius 1 is 0.380 bits per heavy atom. The van der Waals surface area contributed by atoms with Crippen molar-refractivity contribution >= 4 is 17.9 Å². The molecule has 0 radical (unpaired) electrons. The smallest absolute Gasteiger partial charge is 0.306 e. The van der Waals surface area contributed by atoms with Crippen molar-refractivity contribution in [2.75, 3.05) is 47.5 Å². The highest BCUT2D eigenvalue weighted by molar-refractivity contribution is 5.70. The van der Waals surface area contributed by atoms with Gasteiger partial charge in [-0.15, -0.1) is 0 Å². The van der Waals surface area contributed by atoms with Crippen LogP contribution in [0.5, 0.6) is 0 Å². The van der Waals surface area contributed by atoms with Gasteiger partial charge in [0.05, 0.1) is 40.3 Å². The maximum absolute atomic E-state index is 12.9. The molecule has 79 heavy (non-hydrogen) atoms. The summed E-state index contributed by atoms with van der Waals surface area (Å²) < 4.78 is 22.6. The summed E-state index contributed by atoms with van der Waals surface area (Å²) in [5, 5.41) is 11.8. The van der Waals surface area contributed by atoms with E-state index >= 15 is 0 Å². The number of hydrogen-bond acceptors (Lipinski definition) is 8. The quantitative estimate of drug-likeness (QED) is 0.0195. The summed E-state index contributed by atoms with van der Waals surface area (Å²) in [6.07, 6.45) is 83.5. The highest BCUT2D eigenvalue weighted by atomic mass is 16.7. The van der Waals surface area contributed by atoms with Crippen LogP contribution in [0.2, 0.25) is 0 Å². The van der Waals surface area contributed by atoms with Gasteiger partial charge in [0.25, 0.3) is 0 Å². The van der Waals surface area contributed by atoms with Crippen LogP contribution in [0, 0.1) is 0 Å². The highest BCUT2D eigenvalue weighted by Crippen LogP contribution is 2.15. The van der Waals surface area contributed by atoms with Crippen LogP contribution < -0.4 is 5.11 Å². The molecule has 0 aromatic heterocycles. The zero-order valence-corrected chi connectivity index (χ0v) is 50.7. The molecule has 0 spiro atoms. The number of carboxylic acid groups (broad SMARTS) is 1. The van der Waals surface area contributed by atoms with Crippen molar-refractivity contribution in [1.29, 1.82) is 0 Å². The molecule has 0 saturated heterocycles. The number of quaternary nitrogens is 1. The SMILES string of the molecule is CC/C=C\C/C=C\C/C=C\C/C=C\C/C=C\C/C=C\C/C=C\C/C=C\CCCCCCCCCCCCCCCCC(=O)OC(COC(=O)CCCC/C=C\C/C=C\C/C=C\C/C=C\CC)COC(OCC[N+](C)(C)C)C(=O)[O-]. The van der Waals surface area contributed by atoms with E-state index in [9.17, 15) is 19.5 Å². The van der Waals surface area contributed by atoms with Crippen LogP contribution >= 0.6 is 0 Å². The number of carbonyl (C=O) groups is 3. The predicted octanol–water partition coefficient (Wildman–Crippen LogP) is 17.5. The Labute approximate surface area is 483 Å². The van der Waals surface area contributed by atoms with Crippen LogP contribution in [-0.4, -0.2) is 82.3 Å². The highest BCUT2D eigenvalue weighted by Gasteiger charge is 2.22. The summed E-state index contributed by atoms with van der Waals surface area (Å²) in [5.74, 6) is -2.35. The van der Waals surface area contributed by atoms with E-state index in [1.54, 1.807) is 0 Å². The molecule has 0 saturated carbocycles. The number of carboxylic acids is 1. The van der Waals surface area contributed by atoms with Gasteiger partial charge in [0.1, 0.15) is 13.2 Å². The number of esters is 2. The molecular weight excluding hydrogens is 983 g/mol. The molecule has 0 heterocycles.